The van der Waals surface area contributed by atoms with Crippen LogP contribution in [0.3, 0.4) is 0 Å². The molecule has 38 heavy (non-hydrogen) atoms. The molecule has 1 amide bonds. The van der Waals surface area contributed by atoms with E-state index in [-0.39, 0.29) is 11.5 Å². The van der Waals surface area contributed by atoms with Crippen LogP contribution in [0.2, 0.25) is 0 Å². The van der Waals surface area contributed by atoms with E-state index >= 15 is 0 Å². The molecular formula is C29H26N4O4S. The summed E-state index contributed by atoms with van der Waals surface area (Å²) in [5.41, 5.74) is 5.65. The van der Waals surface area contributed by atoms with Crippen LogP contribution >= 0.6 is 0 Å². The summed E-state index contributed by atoms with van der Waals surface area (Å²) >= 11 is 0. The number of hydrogen-bond donors (Lipinski definition) is 2. The first-order valence-electron chi connectivity index (χ1n) is 12.1. The third kappa shape index (κ3) is 5.01. The van der Waals surface area contributed by atoms with Crippen molar-refractivity contribution in [2.24, 2.45) is 0 Å². The van der Waals surface area contributed by atoms with Gasteiger partial charge in [0, 0.05) is 40.8 Å². The van der Waals surface area contributed by atoms with Crippen molar-refractivity contribution in [2.75, 3.05) is 16.3 Å². The van der Waals surface area contributed by atoms with Crippen LogP contribution in [0.25, 0.3) is 38.6 Å². The van der Waals surface area contributed by atoms with Gasteiger partial charge in [0.05, 0.1) is 23.0 Å². The Balaban J connectivity index is 1.69. The Morgan fingerprint density at radius 2 is 1.68 bits per heavy atom. The Bertz CT molecular complexity index is 1880. The molecule has 3 aromatic carbocycles. The van der Waals surface area contributed by atoms with Crippen molar-refractivity contribution < 1.29 is 13.2 Å². The minimum Gasteiger partial charge on any atom is -0.326 e. The zero-order chi connectivity index (χ0) is 27.0. The van der Waals surface area contributed by atoms with Gasteiger partial charge in [-0.1, -0.05) is 31.2 Å². The molecule has 0 saturated heterocycles. The Morgan fingerprint density at radius 3 is 2.39 bits per heavy atom. The fourth-order valence-corrected chi connectivity index (χ4v) is 4.98. The van der Waals surface area contributed by atoms with E-state index in [0.29, 0.717) is 29.0 Å². The van der Waals surface area contributed by atoms with Gasteiger partial charge in [0.15, 0.2) is 0 Å². The van der Waals surface area contributed by atoms with Gasteiger partial charge in [-0.2, -0.15) is 0 Å². The van der Waals surface area contributed by atoms with Gasteiger partial charge >= 0.3 is 0 Å². The minimum atomic E-state index is -3.37. The summed E-state index contributed by atoms with van der Waals surface area (Å²) in [6.07, 6.45) is 3.20. The van der Waals surface area contributed by atoms with Gasteiger partial charge in [-0.15, -0.1) is 0 Å². The maximum atomic E-state index is 13.3. The zero-order valence-corrected chi connectivity index (χ0v) is 22.0. The smallest absolute Gasteiger partial charge is 0.255 e. The quantitative estimate of drug-likeness (QED) is 0.294. The van der Waals surface area contributed by atoms with E-state index in [9.17, 15) is 18.0 Å². The third-order valence-corrected chi connectivity index (χ3v) is 6.92. The molecule has 9 heteroatoms. The normalized spacial score (nSPS) is 11.6. The van der Waals surface area contributed by atoms with Gasteiger partial charge in [0.1, 0.15) is 0 Å². The SMILES string of the molecule is CCC(=O)Nc1cc(-n2c(=O)ccc3cnc4ccc(-c5ccc(NS(C)(=O)=O)cc5)cc4c32)ccc1C. The predicted octanol–water partition coefficient (Wildman–Crippen LogP) is 5.23. The van der Waals surface area contributed by atoms with Crippen molar-refractivity contribution in [1.29, 1.82) is 0 Å². The van der Waals surface area contributed by atoms with Gasteiger partial charge in [-0.05, 0) is 66.1 Å². The summed E-state index contributed by atoms with van der Waals surface area (Å²) in [5, 5.41) is 4.50. The zero-order valence-electron chi connectivity index (χ0n) is 21.1. The van der Waals surface area contributed by atoms with E-state index < -0.39 is 10.0 Å². The molecule has 0 aliphatic carbocycles. The van der Waals surface area contributed by atoms with Crippen LogP contribution in [-0.4, -0.2) is 30.1 Å². The molecule has 192 valence electrons. The number of aryl methyl sites for hydroxylation is 1. The van der Waals surface area contributed by atoms with Gasteiger partial charge < -0.3 is 5.32 Å². The van der Waals surface area contributed by atoms with E-state index in [1.54, 1.807) is 35.9 Å². The molecule has 5 rings (SSSR count). The largest absolute Gasteiger partial charge is 0.326 e. The van der Waals surface area contributed by atoms with Crippen LogP contribution in [0.4, 0.5) is 11.4 Å². The molecule has 0 bridgehead atoms. The summed E-state index contributed by atoms with van der Waals surface area (Å²) in [6, 6.07) is 21.7. The topological polar surface area (TPSA) is 110 Å². The highest BCUT2D eigenvalue weighted by molar-refractivity contribution is 7.92. The number of fused-ring (bicyclic) bond motifs is 3. The molecule has 0 atom stereocenters. The summed E-state index contributed by atoms with van der Waals surface area (Å²) in [5.74, 6) is -0.104. The van der Waals surface area contributed by atoms with Gasteiger partial charge in [-0.3, -0.25) is 23.9 Å². The molecule has 5 aromatic rings. The molecule has 2 heterocycles. The summed E-state index contributed by atoms with van der Waals surface area (Å²) < 4.78 is 27.2. The van der Waals surface area contributed by atoms with Gasteiger partial charge in [-0.25, -0.2) is 8.42 Å². The highest BCUT2D eigenvalue weighted by atomic mass is 32.2. The number of sulfonamides is 1. The first kappa shape index (κ1) is 25.2. The number of hydrogen-bond acceptors (Lipinski definition) is 5. The van der Waals surface area contributed by atoms with Crippen LogP contribution in [-0.2, 0) is 14.8 Å². The number of nitrogens with zero attached hydrogens (tertiary/aromatic N) is 2. The Kier molecular flexibility index (Phi) is 6.46. The third-order valence-electron chi connectivity index (χ3n) is 6.31. The lowest BCUT2D eigenvalue weighted by atomic mass is 10.0. The van der Waals surface area contributed by atoms with Crippen molar-refractivity contribution in [2.45, 2.75) is 20.3 Å². The highest BCUT2D eigenvalue weighted by Crippen LogP contribution is 2.31. The second kappa shape index (κ2) is 9.75. The van der Waals surface area contributed by atoms with Crippen LogP contribution in [0.15, 0.2) is 83.8 Å². The Hall–Kier alpha value is -4.50. The number of pyridine rings is 2. The number of carbonyl (C=O) groups is 1. The maximum Gasteiger partial charge on any atom is 0.255 e. The molecule has 0 unspecified atom stereocenters. The van der Waals surface area contributed by atoms with Crippen molar-refractivity contribution >= 4 is 49.1 Å². The molecule has 0 saturated carbocycles. The standard InChI is InChI=1S/C29H26N4O4S/c1-4-27(34)31-26-16-23(12-5-18(26)2)33-28(35)14-9-21-17-30-25-13-8-20(15-24(25)29(21)33)19-6-10-22(11-7-19)32-38(3,36)37/h5-17,32H,4H2,1-3H3,(H,31,34). The fourth-order valence-electron chi connectivity index (χ4n) is 4.41. The van der Waals surface area contributed by atoms with Crippen molar-refractivity contribution in [3.63, 3.8) is 0 Å². The average molecular weight is 527 g/mol. The summed E-state index contributed by atoms with van der Waals surface area (Å²) in [6.45, 7) is 3.69. The minimum absolute atomic E-state index is 0.104. The first-order valence-corrected chi connectivity index (χ1v) is 14.0. The molecular weight excluding hydrogens is 500 g/mol. The van der Waals surface area contributed by atoms with Crippen LogP contribution in [0.5, 0.6) is 0 Å². The first-order chi connectivity index (χ1) is 18.1. The van der Waals surface area contributed by atoms with Crippen molar-refractivity contribution in [1.82, 2.24) is 9.55 Å². The van der Waals surface area contributed by atoms with Crippen LogP contribution in [0.1, 0.15) is 18.9 Å². The molecule has 2 aromatic heterocycles. The number of rotatable bonds is 6. The van der Waals surface area contributed by atoms with E-state index in [2.05, 4.69) is 15.0 Å². The van der Waals surface area contributed by atoms with Crippen LogP contribution < -0.4 is 15.6 Å². The number of nitrogens with one attached hydrogen (secondary N) is 2. The number of aromatic nitrogens is 2. The van der Waals surface area contributed by atoms with E-state index in [1.165, 1.54) is 6.07 Å². The molecule has 2 N–H and O–H groups in total. The van der Waals surface area contributed by atoms with Crippen molar-refractivity contribution in [3.05, 3.63) is 94.9 Å². The molecule has 0 fully saturated rings. The second-order valence-corrected chi connectivity index (χ2v) is 10.9. The van der Waals surface area contributed by atoms with Crippen LogP contribution in [0, 0.1) is 6.92 Å². The van der Waals surface area contributed by atoms with E-state index in [4.69, 9.17) is 0 Å². The summed E-state index contributed by atoms with van der Waals surface area (Å²) in [4.78, 5) is 29.9. The Morgan fingerprint density at radius 1 is 0.947 bits per heavy atom. The maximum absolute atomic E-state index is 13.3. The molecule has 0 aliphatic rings. The van der Waals surface area contributed by atoms with Gasteiger partial charge in [0.2, 0.25) is 15.9 Å². The molecule has 8 nitrogen and oxygen atoms in total. The number of anilines is 2. The van der Waals surface area contributed by atoms with Crippen molar-refractivity contribution in [3.8, 4) is 16.8 Å². The lowest BCUT2D eigenvalue weighted by Gasteiger charge is -2.16. The second-order valence-electron chi connectivity index (χ2n) is 9.15. The number of carbonyl (C=O) groups excluding carboxylic acids is 1. The summed E-state index contributed by atoms with van der Waals surface area (Å²) in [7, 11) is -3.37. The predicted molar refractivity (Wildman–Crippen MR) is 152 cm³/mol. The molecule has 0 spiro atoms. The van der Waals surface area contributed by atoms with Gasteiger partial charge in [0.25, 0.3) is 5.56 Å². The monoisotopic (exact) mass is 526 g/mol. The molecule has 0 aliphatic heterocycles. The number of amides is 1. The molecule has 0 radical (unpaired) electrons. The Labute approximate surface area is 220 Å². The number of benzene rings is 3. The average Bonchev–Trinajstić information content (AvgIpc) is 2.89. The lowest BCUT2D eigenvalue weighted by Crippen LogP contribution is -2.18. The van der Waals surface area contributed by atoms with E-state index in [0.717, 1.165) is 39.2 Å². The highest BCUT2D eigenvalue weighted by Gasteiger charge is 2.13. The lowest BCUT2D eigenvalue weighted by molar-refractivity contribution is -0.115. The van der Waals surface area contributed by atoms with E-state index in [1.807, 2.05) is 55.5 Å². The fraction of sp³-hybridized carbons (Fsp3) is 0.138.